The predicted octanol–water partition coefficient (Wildman–Crippen LogP) is -0.0949. The van der Waals surface area contributed by atoms with Crippen molar-refractivity contribution in [3.8, 4) is 0 Å². The van der Waals surface area contributed by atoms with Gasteiger partial charge in [0.05, 0.1) is 29.3 Å². The molecule has 0 amide bonds. The Hall–Kier alpha value is -1.69. The molecule has 6 heteroatoms. The molecule has 0 aromatic carbocycles. The van der Waals surface area contributed by atoms with Crippen LogP contribution in [0.5, 0.6) is 0 Å². The quantitative estimate of drug-likeness (QED) is 0.745. The van der Waals surface area contributed by atoms with Crippen molar-refractivity contribution in [1.82, 2.24) is 24.8 Å². The second kappa shape index (κ2) is 3.47. The lowest BCUT2D eigenvalue weighted by atomic mass is 10.1. The molecule has 0 bridgehead atoms. The van der Waals surface area contributed by atoms with Gasteiger partial charge in [-0.25, -0.2) is 0 Å². The van der Waals surface area contributed by atoms with Gasteiger partial charge in [-0.2, -0.15) is 5.10 Å². The van der Waals surface area contributed by atoms with Crippen molar-refractivity contribution in [1.29, 1.82) is 0 Å². The van der Waals surface area contributed by atoms with Gasteiger partial charge in [0.2, 0.25) is 0 Å². The number of hydrogen-bond acceptors (Lipinski definition) is 4. The van der Waals surface area contributed by atoms with Crippen LogP contribution in [0.1, 0.15) is 23.1 Å². The zero-order valence-corrected chi connectivity index (χ0v) is 9.05. The van der Waals surface area contributed by atoms with Gasteiger partial charge in [0, 0.05) is 14.1 Å². The fraction of sp³-hybridized carbons (Fsp3) is 0.444. The molecule has 2 heterocycles. The Balaban J connectivity index is 2.40. The van der Waals surface area contributed by atoms with E-state index in [1.165, 1.54) is 0 Å². The molecule has 15 heavy (non-hydrogen) atoms. The monoisotopic (exact) mass is 206 g/mol. The molecule has 80 valence electrons. The lowest BCUT2D eigenvalue weighted by Crippen LogP contribution is -2.18. The van der Waals surface area contributed by atoms with Crippen LogP contribution in [-0.4, -0.2) is 24.8 Å². The highest BCUT2D eigenvalue weighted by Crippen LogP contribution is 2.17. The SMILES string of the molecule is Cc1cc(C(N)c2cnnn2C)n(C)n1. The largest absolute Gasteiger partial charge is 0.318 e. The highest BCUT2D eigenvalue weighted by atomic mass is 15.4. The van der Waals surface area contributed by atoms with E-state index in [1.807, 2.05) is 27.1 Å². The molecule has 2 aromatic rings. The van der Waals surface area contributed by atoms with Crippen molar-refractivity contribution >= 4 is 0 Å². The number of hydrogen-bond donors (Lipinski definition) is 1. The molecular weight excluding hydrogens is 192 g/mol. The zero-order chi connectivity index (χ0) is 11.0. The fourth-order valence-electron chi connectivity index (χ4n) is 1.65. The molecular formula is C9H14N6. The Labute approximate surface area is 87.7 Å². The average molecular weight is 206 g/mol. The van der Waals surface area contributed by atoms with Crippen LogP contribution in [0, 0.1) is 6.92 Å². The van der Waals surface area contributed by atoms with E-state index in [1.54, 1.807) is 15.6 Å². The normalized spacial score (nSPS) is 13.1. The summed E-state index contributed by atoms with van der Waals surface area (Å²) in [6, 6.07) is 1.73. The molecule has 0 radical (unpaired) electrons. The summed E-state index contributed by atoms with van der Waals surface area (Å²) in [7, 11) is 3.71. The van der Waals surface area contributed by atoms with E-state index >= 15 is 0 Å². The second-order valence-electron chi connectivity index (χ2n) is 3.59. The third kappa shape index (κ3) is 1.63. The summed E-state index contributed by atoms with van der Waals surface area (Å²) >= 11 is 0. The maximum atomic E-state index is 6.11. The Morgan fingerprint density at radius 2 is 2.00 bits per heavy atom. The minimum atomic E-state index is -0.240. The van der Waals surface area contributed by atoms with Crippen LogP contribution in [-0.2, 0) is 14.1 Å². The summed E-state index contributed by atoms with van der Waals surface area (Å²) in [5, 5.41) is 11.9. The molecule has 6 nitrogen and oxygen atoms in total. The van der Waals surface area contributed by atoms with Gasteiger partial charge in [-0.3, -0.25) is 9.36 Å². The number of nitrogens with zero attached hydrogens (tertiary/aromatic N) is 5. The van der Waals surface area contributed by atoms with Gasteiger partial charge in [-0.05, 0) is 13.0 Å². The van der Waals surface area contributed by atoms with Crippen molar-refractivity contribution in [3.63, 3.8) is 0 Å². The highest BCUT2D eigenvalue weighted by molar-refractivity contribution is 5.21. The van der Waals surface area contributed by atoms with E-state index < -0.39 is 0 Å². The molecule has 2 N–H and O–H groups in total. The minimum Gasteiger partial charge on any atom is -0.318 e. The van der Waals surface area contributed by atoms with E-state index in [4.69, 9.17) is 5.73 Å². The van der Waals surface area contributed by atoms with Gasteiger partial charge in [-0.1, -0.05) is 5.21 Å². The molecule has 1 unspecified atom stereocenters. The van der Waals surface area contributed by atoms with Crippen molar-refractivity contribution < 1.29 is 0 Å². The van der Waals surface area contributed by atoms with E-state index in [9.17, 15) is 0 Å². The molecule has 2 aromatic heterocycles. The number of aryl methyl sites for hydroxylation is 3. The van der Waals surface area contributed by atoms with E-state index in [2.05, 4.69) is 15.4 Å². The highest BCUT2D eigenvalue weighted by Gasteiger charge is 2.17. The second-order valence-corrected chi connectivity index (χ2v) is 3.59. The maximum Gasteiger partial charge on any atom is 0.0910 e. The minimum absolute atomic E-state index is 0.240. The third-order valence-corrected chi connectivity index (χ3v) is 2.42. The number of aromatic nitrogens is 5. The zero-order valence-electron chi connectivity index (χ0n) is 9.05. The summed E-state index contributed by atoms with van der Waals surface area (Å²) in [5.74, 6) is 0. The summed E-state index contributed by atoms with van der Waals surface area (Å²) in [5.41, 5.74) is 8.90. The van der Waals surface area contributed by atoms with Crippen molar-refractivity contribution in [2.24, 2.45) is 19.8 Å². The lowest BCUT2D eigenvalue weighted by molar-refractivity contribution is 0.612. The van der Waals surface area contributed by atoms with Gasteiger partial charge >= 0.3 is 0 Å². The molecule has 1 atom stereocenters. The van der Waals surface area contributed by atoms with Gasteiger partial charge in [0.25, 0.3) is 0 Å². The Kier molecular flexibility index (Phi) is 2.28. The predicted molar refractivity (Wildman–Crippen MR) is 55.0 cm³/mol. The van der Waals surface area contributed by atoms with Crippen LogP contribution in [0.3, 0.4) is 0 Å². The van der Waals surface area contributed by atoms with E-state index in [-0.39, 0.29) is 6.04 Å². The van der Waals surface area contributed by atoms with Crippen molar-refractivity contribution in [2.75, 3.05) is 0 Å². The average Bonchev–Trinajstić information content (AvgIpc) is 2.71. The maximum absolute atomic E-state index is 6.11. The summed E-state index contributed by atoms with van der Waals surface area (Å²) in [4.78, 5) is 0. The lowest BCUT2D eigenvalue weighted by Gasteiger charge is -2.10. The van der Waals surface area contributed by atoms with E-state index in [0.29, 0.717) is 0 Å². The summed E-state index contributed by atoms with van der Waals surface area (Å²) in [6.45, 7) is 1.94. The van der Waals surface area contributed by atoms with Crippen molar-refractivity contribution in [3.05, 3.63) is 29.3 Å². The Bertz CT molecular complexity index is 469. The Morgan fingerprint density at radius 1 is 1.27 bits per heavy atom. The summed E-state index contributed by atoms with van der Waals surface area (Å²) < 4.78 is 3.46. The first-order valence-corrected chi connectivity index (χ1v) is 4.70. The molecule has 0 aliphatic rings. The Morgan fingerprint density at radius 3 is 2.47 bits per heavy atom. The van der Waals surface area contributed by atoms with Crippen LogP contribution in [0.2, 0.25) is 0 Å². The van der Waals surface area contributed by atoms with Gasteiger partial charge in [0.15, 0.2) is 0 Å². The van der Waals surface area contributed by atoms with Crippen LogP contribution in [0.4, 0.5) is 0 Å². The van der Waals surface area contributed by atoms with Crippen LogP contribution >= 0.6 is 0 Å². The molecule has 0 saturated carbocycles. The fourth-order valence-corrected chi connectivity index (χ4v) is 1.65. The topological polar surface area (TPSA) is 74.5 Å². The third-order valence-electron chi connectivity index (χ3n) is 2.42. The van der Waals surface area contributed by atoms with Crippen LogP contribution < -0.4 is 5.73 Å². The molecule has 0 aliphatic carbocycles. The molecule has 0 spiro atoms. The smallest absolute Gasteiger partial charge is 0.0910 e. The van der Waals surface area contributed by atoms with Crippen LogP contribution in [0.15, 0.2) is 12.3 Å². The number of rotatable bonds is 2. The van der Waals surface area contributed by atoms with Gasteiger partial charge < -0.3 is 5.73 Å². The standard InChI is InChI=1S/C9H14N6/c1-6-4-7(14(2)12-6)9(10)8-5-11-13-15(8)3/h4-5,9H,10H2,1-3H3. The van der Waals surface area contributed by atoms with Crippen LogP contribution in [0.25, 0.3) is 0 Å². The molecule has 0 aliphatic heterocycles. The first-order valence-electron chi connectivity index (χ1n) is 4.70. The first kappa shape index (κ1) is 9.85. The van der Waals surface area contributed by atoms with Gasteiger partial charge in [-0.15, -0.1) is 5.10 Å². The number of nitrogens with two attached hydrogens (primary N) is 1. The van der Waals surface area contributed by atoms with Crippen molar-refractivity contribution in [2.45, 2.75) is 13.0 Å². The molecule has 0 fully saturated rings. The molecule has 0 saturated heterocycles. The summed E-state index contributed by atoms with van der Waals surface area (Å²) in [6.07, 6.45) is 1.67. The van der Waals surface area contributed by atoms with E-state index in [0.717, 1.165) is 17.1 Å². The first-order chi connectivity index (χ1) is 7.09. The molecule has 2 rings (SSSR count). The van der Waals surface area contributed by atoms with Gasteiger partial charge in [0.1, 0.15) is 0 Å².